The second-order valence-electron chi connectivity index (χ2n) is 4.98. The standard InChI is InChI=1S/C16H21NO6/c18-15(13-3-1-2-4-14(13)16(19)20)17-5-7-21-9-11-23-12-10-22-8-6-17/h1-4H,5-12H2,(H,19,20). The van der Waals surface area contributed by atoms with Crippen LogP contribution in [-0.4, -0.2) is 74.6 Å². The van der Waals surface area contributed by atoms with Crippen molar-refractivity contribution in [1.82, 2.24) is 4.90 Å². The van der Waals surface area contributed by atoms with Gasteiger partial charge in [0.2, 0.25) is 0 Å². The van der Waals surface area contributed by atoms with Gasteiger partial charge in [0.25, 0.3) is 5.91 Å². The van der Waals surface area contributed by atoms with Crippen LogP contribution in [0.15, 0.2) is 24.3 Å². The molecule has 1 heterocycles. The highest BCUT2D eigenvalue weighted by atomic mass is 16.5. The number of hydrogen-bond acceptors (Lipinski definition) is 5. The summed E-state index contributed by atoms with van der Waals surface area (Å²) < 4.78 is 16.1. The fourth-order valence-electron chi connectivity index (χ4n) is 2.23. The molecular formula is C16H21NO6. The van der Waals surface area contributed by atoms with Crippen LogP contribution < -0.4 is 0 Å². The van der Waals surface area contributed by atoms with E-state index in [0.29, 0.717) is 52.7 Å². The van der Waals surface area contributed by atoms with Crippen LogP contribution in [0.2, 0.25) is 0 Å². The lowest BCUT2D eigenvalue weighted by molar-refractivity contribution is -0.00437. The predicted octanol–water partition coefficient (Wildman–Crippen LogP) is 0.890. The van der Waals surface area contributed by atoms with Crippen LogP contribution in [0.5, 0.6) is 0 Å². The average Bonchev–Trinajstić information content (AvgIpc) is 2.55. The van der Waals surface area contributed by atoms with Crippen LogP contribution in [0.1, 0.15) is 20.7 Å². The highest BCUT2D eigenvalue weighted by Gasteiger charge is 2.21. The first kappa shape index (κ1) is 17.4. The zero-order valence-corrected chi connectivity index (χ0v) is 12.9. The molecule has 0 atom stereocenters. The van der Waals surface area contributed by atoms with Crippen molar-refractivity contribution in [2.24, 2.45) is 0 Å². The summed E-state index contributed by atoms with van der Waals surface area (Å²) in [6.07, 6.45) is 0. The van der Waals surface area contributed by atoms with E-state index in [-0.39, 0.29) is 17.0 Å². The third-order valence-corrected chi connectivity index (χ3v) is 3.43. The van der Waals surface area contributed by atoms with Gasteiger partial charge in [0.15, 0.2) is 0 Å². The van der Waals surface area contributed by atoms with Gasteiger partial charge in [-0.05, 0) is 12.1 Å². The lowest BCUT2D eigenvalue weighted by Crippen LogP contribution is -2.38. The molecule has 1 aliphatic rings. The largest absolute Gasteiger partial charge is 0.478 e. The number of nitrogens with zero attached hydrogens (tertiary/aromatic N) is 1. The number of amides is 1. The maximum atomic E-state index is 12.7. The van der Waals surface area contributed by atoms with Crippen molar-refractivity contribution >= 4 is 11.9 Å². The predicted molar refractivity (Wildman–Crippen MR) is 81.8 cm³/mol. The molecule has 1 aromatic rings. The molecular weight excluding hydrogens is 302 g/mol. The van der Waals surface area contributed by atoms with E-state index >= 15 is 0 Å². The van der Waals surface area contributed by atoms with Gasteiger partial charge in [-0.3, -0.25) is 4.79 Å². The number of ether oxygens (including phenoxy) is 3. The molecule has 0 bridgehead atoms. The van der Waals surface area contributed by atoms with Crippen molar-refractivity contribution in [1.29, 1.82) is 0 Å². The van der Waals surface area contributed by atoms with Gasteiger partial charge in [-0.15, -0.1) is 0 Å². The van der Waals surface area contributed by atoms with Gasteiger partial charge in [-0.25, -0.2) is 4.79 Å². The van der Waals surface area contributed by atoms with Gasteiger partial charge < -0.3 is 24.2 Å². The molecule has 0 aliphatic carbocycles. The Labute approximate surface area is 134 Å². The fraction of sp³-hybridized carbons (Fsp3) is 0.500. The molecule has 1 saturated heterocycles. The van der Waals surface area contributed by atoms with Crippen molar-refractivity contribution in [3.05, 3.63) is 35.4 Å². The molecule has 1 aliphatic heterocycles. The summed E-state index contributed by atoms with van der Waals surface area (Å²) in [7, 11) is 0. The molecule has 0 spiro atoms. The van der Waals surface area contributed by atoms with Gasteiger partial charge >= 0.3 is 5.97 Å². The van der Waals surface area contributed by atoms with E-state index in [2.05, 4.69) is 0 Å². The van der Waals surface area contributed by atoms with Crippen molar-refractivity contribution in [2.75, 3.05) is 52.7 Å². The molecule has 0 unspecified atom stereocenters. The minimum absolute atomic E-state index is 0.00106. The molecule has 1 N–H and O–H groups in total. The van der Waals surface area contributed by atoms with Gasteiger partial charge in [0, 0.05) is 13.1 Å². The van der Waals surface area contributed by atoms with Crippen LogP contribution in [0.4, 0.5) is 0 Å². The van der Waals surface area contributed by atoms with Gasteiger partial charge in [-0.2, -0.15) is 0 Å². The second-order valence-corrected chi connectivity index (χ2v) is 4.98. The Kier molecular flexibility index (Phi) is 6.99. The minimum atomic E-state index is -1.12. The molecule has 126 valence electrons. The molecule has 0 saturated carbocycles. The van der Waals surface area contributed by atoms with E-state index in [0.717, 1.165) is 0 Å². The average molecular weight is 323 g/mol. The molecule has 7 heteroatoms. The second kappa shape index (κ2) is 9.24. The monoisotopic (exact) mass is 323 g/mol. The SMILES string of the molecule is O=C(O)c1ccccc1C(=O)N1CCOCCOCCOCC1. The lowest BCUT2D eigenvalue weighted by Gasteiger charge is -2.24. The Balaban J connectivity index is 2.09. The first-order valence-electron chi connectivity index (χ1n) is 7.55. The van der Waals surface area contributed by atoms with Crippen molar-refractivity contribution in [3.8, 4) is 0 Å². The third kappa shape index (κ3) is 5.31. The summed E-state index contributed by atoms with van der Waals surface area (Å²) in [5.74, 6) is -1.45. The number of carboxylic acids is 1. The zero-order chi connectivity index (χ0) is 16.5. The van der Waals surface area contributed by atoms with Crippen LogP contribution in [0.25, 0.3) is 0 Å². The maximum Gasteiger partial charge on any atom is 0.336 e. The summed E-state index contributed by atoms with van der Waals surface area (Å²) in [5, 5.41) is 9.23. The number of benzene rings is 1. The van der Waals surface area contributed by atoms with Crippen LogP contribution in [0, 0.1) is 0 Å². The first-order valence-corrected chi connectivity index (χ1v) is 7.55. The normalized spacial score (nSPS) is 17.8. The first-order chi connectivity index (χ1) is 11.2. The van der Waals surface area contributed by atoms with Crippen LogP contribution in [-0.2, 0) is 14.2 Å². The molecule has 2 rings (SSSR count). The number of carbonyl (C=O) groups excluding carboxylic acids is 1. The number of carboxylic acid groups (broad SMARTS) is 1. The molecule has 0 aromatic heterocycles. The smallest absolute Gasteiger partial charge is 0.336 e. The van der Waals surface area contributed by atoms with E-state index in [1.807, 2.05) is 0 Å². The third-order valence-electron chi connectivity index (χ3n) is 3.43. The van der Waals surface area contributed by atoms with Crippen molar-refractivity contribution < 1.29 is 28.9 Å². The summed E-state index contributed by atoms with van der Waals surface area (Å²) in [5.41, 5.74) is 0.175. The number of aromatic carboxylic acids is 1. The Morgan fingerprint density at radius 2 is 1.30 bits per heavy atom. The Morgan fingerprint density at radius 1 is 0.826 bits per heavy atom. The van der Waals surface area contributed by atoms with Gasteiger partial charge in [0.05, 0.1) is 50.8 Å². The summed E-state index contributed by atoms with van der Waals surface area (Å²) in [6.45, 7) is 3.35. The summed E-state index contributed by atoms with van der Waals surface area (Å²) in [4.78, 5) is 25.5. The summed E-state index contributed by atoms with van der Waals surface area (Å²) >= 11 is 0. The molecule has 7 nitrogen and oxygen atoms in total. The van der Waals surface area contributed by atoms with Gasteiger partial charge in [-0.1, -0.05) is 12.1 Å². The topological polar surface area (TPSA) is 85.3 Å². The number of rotatable bonds is 2. The van der Waals surface area contributed by atoms with Crippen LogP contribution in [0.3, 0.4) is 0 Å². The Morgan fingerprint density at radius 3 is 1.83 bits per heavy atom. The van der Waals surface area contributed by atoms with Gasteiger partial charge in [0.1, 0.15) is 0 Å². The molecule has 1 fully saturated rings. The number of carbonyl (C=O) groups is 2. The quantitative estimate of drug-likeness (QED) is 0.870. The molecule has 0 radical (unpaired) electrons. The molecule has 23 heavy (non-hydrogen) atoms. The maximum absolute atomic E-state index is 12.7. The highest BCUT2D eigenvalue weighted by molar-refractivity contribution is 6.04. The van der Waals surface area contributed by atoms with Crippen molar-refractivity contribution in [3.63, 3.8) is 0 Å². The molecule has 1 amide bonds. The van der Waals surface area contributed by atoms with Crippen molar-refractivity contribution in [2.45, 2.75) is 0 Å². The van der Waals surface area contributed by atoms with E-state index in [1.165, 1.54) is 12.1 Å². The lowest BCUT2D eigenvalue weighted by atomic mass is 10.1. The number of hydrogen-bond donors (Lipinski definition) is 1. The van der Waals surface area contributed by atoms with E-state index in [9.17, 15) is 14.7 Å². The summed E-state index contributed by atoms with van der Waals surface area (Å²) in [6, 6.07) is 6.21. The van der Waals surface area contributed by atoms with E-state index in [1.54, 1.807) is 17.0 Å². The highest BCUT2D eigenvalue weighted by Crippen LogP contribution is 2.12. The Hall–Kier alpha value is -1.96. The Bertz CT molecular complexity index is 521. The van der Waals surface area contributed by atoms with E-state index in [4.69, 9.17) is 14.2 Å². The van der Waals surface area contributed by atoms with E-state index < -0.39 is 5.97 Å². The fourth-order valence-corrected chi connectivity index (χ4v) is 2.23. The molecule has 1 aromatic carbocycles. The zero-order valence-electron chi connectivity index (χ0n) is 12.9. The van der Waals surface area contributed by atoms with Crippen LogP contribution >= 0.6 is 0 Å². The minimum Gasteiger partial charge on any atom is -0.478 e.